The molecule has 0 spiro atoms. The molecule has 0 bridgehead atoms. The molecule has 0 aliphatic heterocycles. The van der Waals surface area contributed by atoms with Crippen LogP contribution in [0.3, 0.4) is 0 Å². The number of rotatable bonds is 3. The number of hydrogen-bond donors (Lipinski definition) is 0. The third kappa shape index (κ3) is 2.18. The van der Waals surface area contributed by atoms with Gasteiger partial charge < -0.3 is 0 Å². The van der Waals surface area contributed by atoms with E-state index < -0.39 is 6.61 Å². The maximum Gasteiger partial charge on any atom is 0.191 e. The third-order valence-electron chi connectivity index (χ3n) is 2.45. The third-order valence-corrected chi connectivity index (χ3v) is 2.45. The zero-order valence-corrected chi connectivity index (χ0v) is 8.72. The van der Waals surface area contributed by atoms with E-state index in [-0.39, 0.29) is 5.78 Å². The van der Waals surface area contributed by atoms with E-state index in [1.165, 1.54) is 0 Å². The van der Waals surface area contributed by atoms with Crippen molar-refractivity contribution in [3.05, 3.63) is 60.2 Å². The van der Waals surface area contributed by atoms with Gasteiger partial charge in [0.05, 0.1) is 0 Å². The van der Waals surface area contributed by atoms with Gasteiger partial charge in [0, 0.05) is 5.56 Å². The molecule has 0 unspecified atom stereocenters. The Morgan fingerprint density at radius 1 is 0.812 bits per heavy atom. The van der Waals surface area contributed by atoms with Crippen LogP contribution >= 0.6 is 0 Å². The molecule has 0 fully saturated rings. The normalized spacial score (nSPS) is 10.1. The Morgan fingerprint density at radius 3 is 1.94 bits per heavy atom. The van der Waals surface area contributed by atoms with Crippen molar-refractivity contribution >= 4 is 5.78 Å². The van der Waals surface area contributed by atoms with Crippen LogP contribution in [0.5, 0.6) is 0 Å². The van der Waals surface area contributed by atoms with Crippen molar-refractivity contribution in [2.75, 3.05) is 6.61 Å². The molecule has 0 aliphatic rings. The van der Waals surface area contributed by atoms with Crippen molar-refractivity contribution in [3.8, 4) is 11.1 Å². The first-order chi connectivity index (χ1) is 7.81. The van der Waals surface area contributed by atoms with Gasteiger partial charge in [0.15, 0.2) is 5.78 Å². The molecular formula is C14H11O2. The van der Waals surface area contributed by atoms with Crippen LogP contribution in [0.4, 0.5) is 0 Å². The highest BCUT2D eigenvalue weighted by Crippen LogP contribution is 2.19. The maximum atomic E-state index is 11.1. The quantitative estimate of drug-likeness (QED) is 0.719. The molecule has 2 aromatic rings. The van der Waals surface area contributed by atoms with Crippen LogP contribution in [0.25, 0.3) is 11.1 Å². The Labute approximate surface area is 94.2 Å². The Morgan fingerprint density at radius 2 is 1.38 bits per heavy atom. The number of ketones is 1. The Kier molecular flexibility index (Phi) is 3.13. The molecule has 0 heterocycles. The fourth-order valence-corrected chi connectivity index (χ4v) is 1.56. The van der Waals surface area contributed by atoms with Crippen molar-refractivity contribution in [2.45, 2.75) is 0 Å². The van der Waals surface area contributed by atoms with Gasteiger partial charge in [-0.2, -0.15) is 0 Å². The Bertz CT molecular complexity index is 472. The maximum absolute atomic E-state index is 11.1. The van der Waals surface area contributed by atoms with Crippen molar-refractivity contribution < 1.29 is 9.90 Å². The second kappa shape index (κ2) is 4.73. The van der Waals surface area contributed by atoms with Crippen LogP contribution in [0.1, 0.15) is 10.4 Å². The average molecular weight is 211 g/mol. The average Bonchev–Trinajstić information content (AvgIpc) is 2.39. The molecule has 0 aromatic heterocycles. The lowest BCUT2D eigenvalue weighted by atomic mass is 10.0. The number of hydrogen-bond acceptors (Lipinski definition) is 1. The molecule has 1 radical (unpaired) electrons. The van der Waals surface area contributed by atoms with Crippen molar-refractivity contribution in [2.24, 2.45) is 0 Å². The molecule has 0 saturated heterocycles. The zero-order chi connectivity index (χ0) is 11.4. The summed E-state index contributed by atoms with van der Waals surface area (Å²) in [5.74, 6) is -0.361. The molecule has 0 atom stereocenters. The van der Waals surface area contributed by atoms with Gasteiger partial charge in [0.1, 0.15) is 6.61 Å². The van der Waals surface area contributed by atoms with Crippen molar-refractivity contribution in [1.82, 2.24) is 0 Å². The minimum Gasteiger partial charge on any atom is -0.291 e. The summed E-state index contributed by atoms with van der Waals surface area (Å²) >= 11 is 0. The lowest BCUT2D eigenvalue weighted by molar-refractivity contribution is 0.0827. The second-order valence-corrected chi connectivity index (χ2v) is 3.51. The summed E-state index contributed by atoms with van der Waals surface area (Å²) in [6.45, 7) is -0.690. The van der Waals surface area contributed by atoms with E-state index in [0.717, 1.165) is 11.1 Å². The van der Waals surface area contributed by atoms with Gasteiger partial charge in [-0.1, -0.05) is 54.6 Å². The first-order valence-corrected chi connectivity index (χ1v) is 5.08. The fourth-order valence-electron chi connectivity index (χ4n) is 1.56. The van der Waals surface area contributed by atoms with Crippen LogP contribution in [0.2, 0.25) is 0 Å². The van der Waals surface area contributed by atoms with Crippen LogP contribution in [0.15, 0.2) is 54.6 Å². The molecule has 0 N–H and O–H groups in total. The topological polar surface area (TPSA) is 37.0 Å². The van der Waals surface area contributed by atoms with E-state index >= 15 is 0 Å². The van der Waals surface area contributed by atoms with Gasteiger partial charge in [-0.15, -0.1) is 0 Å². The highest BCUT2D eigenvalue weighted by Gasteiger charge is 2.04. The van der Waals surface area contributed by atoms with Gasteiger partial charge in [0.25, 0.3) is 0 Å². The summed E-state index contributed by atoms with van der Waals surface area (Å²) in [7, 11) is 0. The monoisotopic (exact) mass is 211 g/mol. The van der Waals surface area contributed by atoms with E-state index in [0.29, 0.717) is 5.56 Å². The summed E-state index contributed by atoms with van der Waals surface area (Å²) in [5.41, 5.74) is 2.63. The summed E-state index contributed by atoms with van der Waals surface area (Å²) in [4.78, 5) is 11.1. The molecule has 2 rings (SSSR count). The molecule has 2 nitrogen and oxygen atoms in total. The SMILES string of the molecule is [O]CC(=O)c1ccc(-c2ccccc2)cc1. The molecular weight excluding hydrogens is 200 g/mol. The zero-order valence-electron chi connectivity index (χ0n) is 8.72. The van der Waals surface area contributed by atoms with Crippen molar-refractivity contribution in [1.29, 1.82) is 0 Å². The summed E-state index contributed by atoms with van der Waals surface area (Å²) < 4.78 is 0. The number of carbonyl (C=O) groups excluding carboxylic acids is 1. The van der Waals surface area contributed by atoms with E-state index in [1.54, 1.807) is 12.1 Å². The molecule has 0 saturated carbocycles. The van der Waals surface area contributed by atoms with Gasteiger partial charge in [-0.25, -0.2) is 5.11 Å². The van der Waals surface area contributed by atoms with E-state index in [2.05, 4.69) is 0 Å². The number of benzene rings is 2. The Balaban J connectivity index is 2.30. The molecule has 2 heteroatoms. The van der Waals surface area contributed by atoms with Crippen molar-refractivity contribution in [3.63, 3.8) is 0 Å². The lowest BCUT2D eigenvalue weighted by Gasteiger charge is -2.02. The molecule has 0 aliphatic carbocycles. The molecule has 2 aromatic carbocycles. The molecule has 16 heavy (non-hydrogen) atoms. The van der Waals surface area contributed by atoms with Crippen LogP contribution in [-0.2, 0) is 5.11 Å². The van der Waals surface area contributed by atoms with Gasteiger partial charge >= 0.3 is 0 Å². The molecule has 79 valence electrons. The highest BCUT2D eigenvalue weighted by atomic mass is 16.3. The van der Waals surface area contributed by atoms with Gasteiger partial charge in [-0.3, -0.25) is 4.79 Å². The van der Waals surface area contributed by atoms with E-state index in [1.807, 2.05) is 42.5 Å². The highest BCUT2D eigenvalue weighted by molar-refractivity contribution is 5.97. The van der Waals surface area contributed by atoms with Gasteiger partial charge in [-0.05, 0) is 11.1 Å². The van der Waals surface area contributed by atoms with E-state index in [9.17, 15) is 9.90 Å². The standard InChI is InChI=1S/C14H11O2/c15-10-14(16)13-8-6-12(7-9-13)11-4-2-1-3-5-11/h1-9H,10H2. The summed E-state index contributed by atoms with van der Waals surface area (Å²) in [6, 6.07) is 17.0. The predicted octanol–water partition coefficient (Wildman–Crippen LogP) is 2.97. The van der Waals surface area contributed by atoms with Crippen LogP contribution in [-0.4, -0.2) is 12.4 Å². The van der Waals surface area contributed by atoms with Crippen LogP contribution < -0.4 is 0 Å². The summed E-state index contributed by atoms with van der Waals surface area (Å²) in [6.07, 6.45) is 0. The first kappa shape index (κ1) is 10.6. The number of carbonyl (C=O) groups is 1. The minimum absolute atomic E-state index is 0.361. The van der Waals surface area contributed by atoms with E-state index in [4.69, 9.17) is 0 Å². The first-order valence-electron chi connectivity index (χ1n) is 5.08. The lowest BCUT2D eigenvalue weighted by Crippen LogP contribution is -2.02. The number of Topliss-reactive ketones (excluding diaryl/α,β-unsaturated/α-hetero) is 1. The van der Waals surface area contributed by atoms with Crippen LogP contribution in [0, 0.1) is 0 Å². The molecule has 0 amide bonds. The minimum atomic E-state index is -0.690. The smallest absolute Gasteiger partial charge is 0.191 e. The van der Waals surface area contributed by atoms with Gasteiger partial charge in [0.2, 0.25) is 0 Å². The predicted molar refractivity (Wildman–Crippen MR) is 61.8 cm³/mol. The fraction of sp³-hybridized carbons (Fsp3) is 0.0714. The Hall–Kier alpha value is -1.93. The summed E-state index contributed by atoms with van der Waals surface area (Å²) in [5, 5.41) is 10.4. The second-order valence-electron chi connectivity index (χ2n) is 3.51. The largest absolute Gasteiger partial charge is 0.291 e.